The first-order chi connectivity index (χ1) is 13.3. The van der Waals surface area contributed by atoms with Crippen molar-refractivity contribution < 1.29 is 4.74 Å². The van der Waals surface area contributed by atoms with Crippen molar-refractivity contribution in [3.63, 3.8) is 0 Å². The molecule has 0 bridgehead atoms. The van der Waals surface area contributed by atoms with Gasteiger partial charge >= 0.3 is 0 Å². The monoisotopic (exact) mass is 377 g/mol. The van der Waals surface area contributed by atoms with Crippen LogP contribution < -0.4 is 5.32 Å². The highest BCUT2D eigenvalue weighted by Gasteiger charge is 2.29. The molecule has 2 aliphatic rings. The van der Waals surface area contributed by atoms with E-state index in [2.05, 4.69) is 41.5 Å². The summed E-state index contributed by atoms with van der Waals surface area (Å²) < 4.78 is 5.97. The van der Waals surface area contributed by atoms with Crippen LogP contribution in [0.5, 0.6) is 0 Å². The van der Waals surface area contributed by atoms with Crippen LogP contribution in [0, 0.1) is 11.3 Å². The largest absolute Gasteiger partial charge is 0.375 e. The Hall–Kier alpha value is -2.13. The topological polar surface area (TPSA) is 57.4 Å². The molecule has 2 aromatic rings. The average molecular weight is 378 g/mol. The summed E-state index contributed by atoms with van der Waals surface area (Å²) in [6, 6.07) is 16.9. The fraction of sp³-hybridized carbons (Fsp3) is 0.364. The molecule has 2 aliphatic heterocycles. The average Bonchev–Trinajstić information content (AvgIpc) is 3.14. The molecule has 2 heterocycles. The second kappa shape index (κ2) is 8.26. The van der Waals surface area contributed by atoms with Gasteiger partial charge in [-0.3, -0.25) is 4.99 Å². The Morgan fingerprint density at radius 2 is 2.11 bits per heavy atom. The third kappa shape index (κ3) is 3.93. The summed E-state index contributed by atoms with van der Waals surface area (Å²) in [6.07, 6.45) is 1.10. The molecular formula is C22H23N3OS. The number of rotatable bonds is 4. The van der Waals surface area contributed by atoms with Crippen molar-refractivity contribution in [2.45, 2.75) is 30.7 Å². The molecule has 0 amide bonds. The Bertz CT molecular complexity index is 866. The van der Waals surface area contributed by atoms with Gasteiger partial charge in [-0.2, -0.15) is 5.26 Å². The summed E-state index contributed by atoms with van der Waals surface area (Å²) in [7, 11) is 0. The number of hydrogen-bond donors (Lipinski definition) is 1. The highest BCUT2D eigenvalue weighted by atomic mass is 32.2. The Labute approximate surface area is 164 Å². The van der Waals surface area contributed by atoms with Gasteiger partial charge in [-0.25, -0.2) is 0 Å². The van der Waals surface area contributed by atoms with E-state index in [1.807, 2.05) is 29.8 Å². The summed E-state index contributed by atoms with van der Waals surface area (Å²) in [6.45, 7) is 4.77. The highest BCUT2D eigenvalue weighted by Crippen LogP contribution is 2.43. The first-order valence-corrected chi connectivity index (χ1v) is 10.3. The maximum atomic E-state index is 9.10. The quantitative estimate of drug-likeness (QED) is 0.876. The van der Waals surface area contributed by atoms with Gasteiger partial charge in [0.25, 0.3) is 0 Å². The van der Waals surface area contributed by atoms with E-state index in [0.717, 1.165) is 31.7 Å². The van der Waals surface area contributed by atoms with Gasteiger partial charge in [0.15, 0.2) is 0 Å². The van der Waals surface area contributed by atoms with Crippen molar-refractivity contribution in [2.75, 3.05) is 19.7 Å². The molecule has 0 aromatic heterocycles. The van der Waals surface area contributed by atoms with Crippen LogP contribution in [0.2, 0.25) is 0 Å². The summed E-state index contributed by atoms with van der Waals surface area (Å²) in [5.74, 6) is 0. The molecule has 1 fully saturated rings. The van der Waals surface area contributed by atoms with Crippen LogP contribution in [0.1, 0.15) is 28.9 Å². The SMILES string of the molecule is CC1N=CSC1c1c(CC2CNCCO2)cccc1-c1ccc(C#N)cc1. The molecule has 1 saturated heterocycles. The van der Waals surface area contributed by atoms with E-state index >= 15 is 0 Å². The Morgan fingerprint density at radius 1 is 1.26 bits per heavy atom. The van der Waals surface area contributed by atoms with Gasteiger partial charge in [-0.15, -0.1) is 11.8 Å². The second-order valence-electron chi connectivity index (χ2n) is 7.02. The van der Waals surface area contributed by atoms with E-state index in [0.29, 0.717) is 10.8 Å². The number of ether oxygens (including phenoxy) is 1. The van der Waals surface area contributed by atoms with Crippen molar-refractivity contribution in [3.8, 4) is 17.2 Å². The van der Waals surface area contributed by atoms with Crippen molar-refractivity contribution in [1.29, 1.82) is 5.26 Å². The summed E-state index contributed by atoms with van der Waals surface area (Å²) >= 11 is 1.80. The maximum absolute atomic E-state index is 9.10. The molecular weight excluding hydrogens is 354 g/mol. The van der Waals surface area contributed by atoms with E-state index in [1.165, 1.54) is 16.7 Å². The van der Waals surface area contributed by atoms with Gasteiger partial charge in [0.05, 0.1) is 41.2 Å². The van der Waals surface area contributed by atoms with E-state index in [4.69, 9.17) is 10.00 Å². The molecule has 0 saturated carbocycles. The minimum atomic E-state index is 0.205. The smallest absolute Gasteiger partial charge is 0.0991 e. The number of nitriles is 1. The molecule has 2 aromatic carbocycles. The zero-order chi connectivity index (χ0) is 18.6. The summed E-state index contributed by atoms with van der Waals surface area (Å²) in [5.41, 5.74) is 7.73. The highest BCUT2D eigenvalue weighted by molar-refractivity contribution is 8.12. The molecule has 1 N–H and O–H groups in total. The Morgan fingerprint density at radius 3 is 2.78 bits per heavy atom. The van der Waals surface area contributed by atoms with Crippen LogP contribution in [-0.4, -0.2) is 37.4 Å². The van der Waals surface area contributed by atoms with Gasteiger partial charge in [0, 0.05) is 19.5 Å². The van der Waals surface area contributed by atoms with E-state index < -0.39 is 0 Å². The lowest BCUT2D eigenvalue weighted by Crippen LogP contribution is -2.39. The zero-order valence-electron chi connectivity index (χ0n) is 15.4. The van der Waals surface area contributed by atoms with E-state index in [9.17, 15) is 0 Å². The Balaban J connectivity index is 1.75. The Kier molecular flexibility index (Phi) is 5.58. The molecule has 0 spiro atoms. The molecule has 3 atom stereocenters. The lowest BCUT2D eigenvalue weighted by Gasteiger charge is -2.27. The number of aliphatic imine (C=N–C) groups is 1. The summed E-state index contributed by atoms with van der Waals surface area (Å²) in [5, 5.41) is 12.8. The maximum Gasteiger partial charge on any atom is 0.0991 e. The van der Waals surface area contributed by atoms with Crippen LogP contribution in [0.4, 0.5) is 0 Å². The van der Waals surface area contributed by atoms with Crippen LogP contribution in [-0.2, 0) is 11.2 Å². The molecule has 138 valence electrons. The van der Waals surface area contributed by atoms with Gasteiger partial charge < -0.3 is 10.1 Å². The van der Waals surface area contributed by atoms with Crippen molar-refractivity contribution >= 4 is 17.3 Å². The molecule has 27 heavy (non-hydrogen) atoms. The third-order valence-electron chi connectivity index (χ3n) is 5.20. The predicted octanol–water partition coefficient (Wildman–Crippen LogP) is 3.96. The fourth-order valence-corrected chi connectivity index (χ4v) is 4.90. The standard InChI is InChI=1S/C22H23N3OS/c1-15-22(27-14-25-15)21-18(11-19-13-24-9-10-26-19)3-2-4-20(21)17-7-5-16(12-23)6-8-17/h2-8,14-15,19,22,24H,9-11,13H2,1H3. The van der Waals surface area contributed by atoms with Gasteiger partial charge in [-0.05, 0) is 41.3 Å². The molecule has 5 heteroatoms. The molecule has 4 rings (SSSR count). The second-order valence-corrected chi connectivity index (χ2v) is 8.01. The molecule has 4 nitrogen and oxygen atoms in total. The molecule has 0 radical (unpaired) electrons. The van der Waals surface area contributed by atoms with Gasteiger partial charge in [0.1, 0.15) is 0 Å². The predicted molar refractivity (Wildman–Crippen MR) is 111 cm³/mol. The van der Waals surface area contributed by atoms with E-state index in [-0.39, 0.29) is 12.1 Å². The number of hydrogen-bond acceptors (Lipinski definition) is 5. The van der Waals surface area contributed by atoms with Crippen molar-refractivity contribution in [1.82, 2.24) is 5.32 Å². The fourth-order valence-electron chi connectivity index (χ4n) is 3.80. The summed E-state index contributed by atoms with van der Waals surface area (Å²) in [4.78, 5) is 4.60. The number of nitrogens with one attached hydrogen (secondary N) is 1. The first kappa shape index (κ1) is 18.2. The first-order valence-electron chi connectivity index (χ1n) is 9.38. The van der Waals surface area contributed by atoms with Gasteiger partial charge in [0.2, 0.25) is 0 Å². The number of nitrogens with zero attached hydrogens (tertiary/aromatic N) is 2. The lowest BCUT2D eigenvalue weighted by atomic mass is 9.88. The zero-order valence-corrected chi connectivity index (χ0v) is 16.2. The minimum absolute atomic E-state index is 0.205. The number of benzene rings is 2. The van der Waals surface area contributed by atoms with Crippen molar-refractivity contribution in [3.05, 3.63) is 59.2 Å². The van der Waals surface area contributed by atoms with Crippen LogP contribution in [0.15, 0.2) is 47.5 Å². The number of morpholine rings is 1. The normalized spacial score (nSPS) is 24.7. The van der Waals surface area contributed by atoms with Crippen LogP contribution >= 0.6 is 11.8 Å². The van der Waals surface area contributed by atoms with Crippen molar-refractivity contribution in [2.24, 2.45) is 4.99 Å². The van der Waals surface area contributed by atoms with E-state index in [1.54, 1.807) is 11.8 Å². The number of thioether (sulfide) groups is 1. The van der Waals surface area contributed by atoms with Crippen LogP contribution in [0.25, 0.3) is 11.1 Å². The lowest BCUT2D eigenvalue weighted by molar-refractivity contribution is 0.0291. The minimum Gasteiger partial charge on any atom is -0.375 e. The molecule has 3 unspecified atom stereocenters. The van der Waals surface area contributed by atoms with Crippen LogP contribution in [0.3, 0.4) is 0 Å². The van der Waals surface area contributed by atoms with Gasteiger partial charge in [-0.1, -0.05) is 30.3 Å². The molecule has 0 aliphatic carbocycles. The third-order valence-corrected chi connectivity index (χ3v) is 6.37.